The van der Waals surface area contributed by atoms with Gasteiger partial charge in [-0.15, -0.1) is 0 Å². The summed E-state index contributed by atoms with van der Waals surface area (Å²) in [6.45, 7) is 6.07. The summed E-state index contributed by atoms with van der Waals surface area (Å²) in [4.78, 5) is 0. The minimum absolute atomic E-state index is 0.0333. The van der Waals surface area contributed by atoms with Gasteiger partial charge in [0.2, 0.25) is 0 Å². The molecule has 1 aliphatic heterocycles. The van der Waals surface area contributed by atoms with Crippen LogP contribution in [0.25, 0.3) is 0 Å². The Morgan fingerprint density at radius 2 is 2.25 bits per heavy atom. The predicted molar refractivity (Wildman–Crippen MR) is 63.2 cm³/mol. The molecular weight excluding hydrogens is 200 g/mol. The maximum Gasteiger partial charge on any atom is 0.117 e. The minimum atomic E-state index is 0.0333. The maximum absolute atomic E-state index is 6.20. The van der Waals surface area contributed by atoms with Crippen molar-refractivity contribution >= 4 is 0 Å². The third-order valence-electron chi connectivity index (χ3n) is 4.92. The van der Waals surface area contributed by atoms with Gasteiger partial charge in [-0.3, -0.25) is 0 Å². The maximum atomic E-state index is 6.20. The van der Waals surface area contributed by atoms with Crippen molar-refractivity contribution in [1.29, 1.82) is 0 Å². The van der Waals surface area contributed by atoms with E-state index in [2.05, 4.69) is 26.0 Å². The van der Waals surface area contributed by atoms with Crippen molar-refractivity contribution in [3.8, 4) is 0 Å². The molecule has 1 saturated carbocycles. The molecule has 16 heavy (non-hydrogen) atoms. The van der Waals surface area contributed by atoms with Gasteiger partial charge in [0.25, 0.3) is 0 Å². The third kappa shape index (κ3) is 1.54. The molecule has 5 unspecified atom stereocenters. The Morgan fingerprint density at radius 3 is 2.69 bits per heavy atom. The van der Waals surface area contributed by atoms with E-state index >= 15 is 0 Å². The summed E-state index contributed by atoms with van der Waals surface area (Å²) in [6.07, 6.45) is 8.87. The first-order chi connectivity index (χ1) is 7.73. The van der Waals surface area contributed by atoms with Crippen LogP contribution in [0.1, 0.15) is 33.1 Å². The zero-order chi connectivity index (χ0) is 11.2. The van der Waals surface area contributed by atoms with Gasteiger partial charge >= 0.3 is 0 Å². The molecule has 3 aliphatic rings. The Bertz CT molecular complexity index is 295. The molecule has 1 heterocycles. The summed E-state index contributed by atoms with van der Waals surface area (Å²) in [6, 6.07) is 0. The number of hydrogen-bond donors (Lipinski definition) is 0. The largest absolute Gasteiger partial charge is 0.372 e. The molecule has 2 aliphatic carbocycles. The Labute approximate surface area is 98.0 Å². The summed E-state index contributed by atoms with van der Waals surface area (Å²) in [5.74, 6) is 2.42. The zero-order valence-electron chi connectivity index (χ0n) is 10.3. The van der Waals surface area contributed by atoms with Crippen molar-refractivity contribution in [1.82, 2.24) is 0 Å². The standard InChI is InChI=1S/C14H22O2/c1-3-14(9-15-10(14)2)16-8-13-7-11-4-5-12(13)6-11/h4-5,10-13H,3,6-9H2,1-2H3. The number of rotatable bonds is 4. The van der Waals surface area contributed by atoms with Crippen molar-refractivity contribution in [3.63, 3.8) is 0 Å². The molecule has 2 nitrogen and oxygen atoms in total. The molecule has 0 aromatic heterocycles. The lowest BCUT2D eigenvalue weighted by Gasteiger charge is -2.47. The van der Waals surface area contributed by atoms with Gasteiger partial charge in [0.15, 0.2) is 0 Å². The molecule has 2 fully saturated rings. The topological polar surface area (TPSA) is 18.5 Å². The Hall–Kier alpha value is -0.340. The molecule has 0 aromatic carbocycles. The number of ether oxygens (including phenoxy) is 2. The second-order valence-corrected chi connectivity index (χ2v) is 5.72. The van der Waals surface area contributed by atoms with E-state index in [1.807, 2.05) is 0 Å². The van der Waals surface area contributed by atoms with Crippen LogP contribution in [0.15, 0.2) is 12.2 Å². The highest BCUT2D eigenvalue weighted by atomic mass is 16.6. The Balaban J connectivity index is 1.55. The second kappa shape index (κ2) is 3.85. The molecule has 3 rings (SSSR count). The van der Waals surface area contributed by atoms with Crippen LogP contribution in [0.2, 0.25) is 0 Å². The first kappa shape index (κ1) is 10.8. The lowest BCUT2D eigenvalue weighted by molar-refractivity contribution is -0.260. The van der Waals surface area contributed by atoms with Gasteiger partial charge < -0.3 is 9.47 Å². The summed E-state index contributed by atoms with van der Waals surface area (Å²) in [7, 11) is 0. The summed E-state index contributed by atoms with van der Waals surface area (Å²) < 4.78 is 11.7. The normalized spacial score (nSPS) is 49.6. The zero-order valence-corrected chi connectivity index (χ0v) is 10.3. The lowest BCUT2D eigenvalue weighted by atomic mass is 9.89. The summed E-state index contributed by atoms with van der Waals surface area (Å²) in [5, 5.41) is 0. The van der Waals surface area contributed by atoms with E-state index in [-0.39, 0.29) is 11.7 Å². The fourth-order valence-electron chi connectivity index (χ4n) is 3.45. The lowest BCUT2D eigenvalue weighted by Crippen LogP contribution is -2.58. The molecule has 0 aromatic rings. The van der Waals surface area contributed by atoms with Crippen LogP contribution in [-0.4, -0.2) is 24.9 Å². The van der Waals surface area contributed by atoms with E-state index in [9.17, 15) is 0 Å². The van der Waals surface area contributed by atoms with Gasteiger partial charge in [0, 0.05) is 0 Å². The fourth-order valence-corrected chi connectivity index (χ4v) is 3.45. The highest BCUT2D eigenvalue weighted by molar-refractivity contribution is 5.10. The third-order valence-corrected chi connectivity index (χ3v) is 4.92. The average molecular weight is 222 g/mol. The monoisotopic (exact) mass is 222 g/mol. The fraction of sp³-hybridized carbons (Fsp3) is 0.857. The van der Waals surface area contributed by atoms with E-state index < -0.39 is 0 Å². The molecule has 2 heteroatoms. The number of fused-ring (bicyclic) bond motifs is 2. The molecule has 2 bridgehead atoms. The van der Waals surface area contributed by atoms with Gasteiger partial charge in [0.05, 0.1) is 19.3 Å². The van der Waals surface area contributed by atoms with Crippen LogP contribution < -0.4 is 0 Å². The van der Waals surface area contributed by atoms with Gasteiger partial charge in [0.1, 0.15) is 5.60 Å². The van der Waals surface area contributed by atoms with Crippen molar-refractivity contribution in [2.45, 2.75) is 44.8 Å². The van der Waals surface area contributed by atoms with Crippen LogP contribution >= 0.6 is 0 Å². The van der Waals surface area contributed by atoms with E-state index in [4.69, 9.17) is 9.47 Å². The number of allylic oxidation sites excluding steroid dienone is 2. The van der Waals surface area contributed by atoms with Crippen molar-refractivity contribution in [2.75, 3.05) is 13.2 Å². The molecule has 5 atom stereocenters. The summed E-state index contributed by atoms with van der Waals surface area (Å²) in [5.41, 5.74) is 0.0333. The predicted octanol–water partition coefficient (Wildman–Crippen LogP) is 2.78. The average Bonchev–Trinajstić information content (AvgIpc) is 2.90. The molecule has 0 amide bonds. The molecule has 0 spiro atoms. The van der Waals surface area contributed by atoms with Crippen LogP contribution in [0, 0.1) is 17.8 Å². The van der Waals surface area contributed by atoms with Gasteiger partial charge in [-0.05, 0) is 43.9 Å². The Morgan fingerprint density at radius 1 is 1.38 bits per heavy atom. The van der Waals surface area contributed by atoms with Crippen molar-refractivity contribution in [3.05, 3.63) is 12.2 Å². The molecule has 1 saturated heterocycles. The van der Waals surface area contributed by atoms with Crippen molar-refractivity contribution in [2.24, 2.45) is 17.8 Å². The molecule has 0 radical (unpaired) electrons. The van der Waals surface area contributed by atoms with Gasteiger partial charge in [-0.1, -0.05) is 19.1 Å². The van der Waals surface area contributed by atoms with E-state index in [1.54, 1.807) is 0 Å². The molecular formula is C14H22O2. The highest BCUT2D eigenvalue weighted by Crippen LogP contribution is 2.44. The molecule has 90 valence electrons. The minimum Gasteiger partial charge on any atom is -0.372 e. The number of hydrogen-bond acceptors (Lipinski definition) is 2. The first-order valence-corrected chi connectivity index (χ1v) is 6.67. The van der Waals surface area contributed by atoms with Crippen LogP contribution in [0.3, 0.4) is 0 Å². The summed E-state index contributed by atoms with van der Waals surface area (Å²) >= 11 is 0. The Kier molecular flexibility index (Phi) is 2.60. The SMILES string of the molecule is CCC1(OCC2CC3C=CC2C3)COC1C. The first-order valence-electron chi connectivity index (χ1n) is 6.67. The van der Waals surface area contributed by atoms with Crippen LogP contribution in [0.5, 0.6) is 0 Å². The van der Waals surface area contributed by atoms with Crippen LogP contribution in [0.4, 0.5) is 0 Å². The highest BCUT2D eigenvalue weighted by Gasteiger charge is 2.46. The smallest absolute Gasteiger partial charge is 0.117 e. The van der Waals surface area contributed by atoms with E-state index in [0.29, 0.717) is 0 Å². The van der Waals surface area contributed by atoms with E-state index in [1.165, 1.54) is 12.8 Å². The van der Waals surface area contributed by atoms with Gasteiger partial charge in [-0.2, -0.15) is 0 Å². The molecule has 0 N–H and O–H groups in total. The van der Waals surface area contributed by atoms with E-state index in [0.717, 1.165) is 37.4 Å². The van der Waals surface area contributed by atoms with Crippen LogP contribution in [-0.2, 0) is 9.47 Å². The van der Waals surface area contributed by atoms with Gasteiger partial charge in [-0.25, -0.2) is 0 Å². The quantitative estimate of drug-likeness (QED) is 0.681. The van der Waals surface area contributed by atoms with Crippen molar-refractivity contribution < 1.29 is 9.47 Å². The second-order valence-electron chi connectivity index (χ2n) is 5.72.